The molecule has 0 aliphatic carbocycles. The van der Waals surface area contributed by atoms with E-state index in [1.165, 1.54) is 30.3 Å². The average Bonchev–Trinajstić information content (AvgIpc) is 2.51. The lowest BCUT2D eigenvalue weighted by atomic mass is 10.2. The van der Waals surface area contributed by atoms with E-state index in [-0.39, 0.29) is 30.0 Å². The minimum atomic E-state index is -1.04. The predicted molar refractivity (Wildman–Crippen MR) is 78.3 cm³/mol. The van der Waals surface area contributed by atoms with Crippen LogP contribution in [0, 0.1) is 0 Å². The van der Waals surface area contributed by atoms with Gasteiger partial charge in [0.2, 0.25) is 5.56 Å². The van der Waals surface area contributed by atoms with Gasteiger partial charge in [-0.15, -0.1) is 0 Å². The molecule has 0 spiro atoms. The quantitative estimate of drug-likeness (QED) is 0.686. The van der Waals surface area contributed by atoms with Gasteiger partial charge in [0.15, 0.2) is 0 Å². The van der Waals surface area contributed by atoms with Crippen molar-refractivity contribution in [3.63, 3.8) is 0 Å². The second-order valence-corrected chi connectivity index (χ2v) is 4.37. The zero-order chi connectivity index (χ0) is 15.9. The normalized spacial score (nSPS) is 10.0. The van der Waals surface area contributed by atoms with E-state index in [0.29, 0.717) is 5.75 Å². The van der Waals surface area contributed by atoms with E-state index in [4.69, 9.17) is 9.84 Å². The Balaban J connectivity index is 1.82. The number of H-pyrrole nitrogens is 1. The molecule has 1 aromatic carbocycles. The minimum absolute atomic E-state index is 0.128. The third kappa shape index (κ3) is 4.20. The van der Waals surface area contributed by atoms with Crippen LogP contribution < -0.4 is 15.6 Å². The lowest BCUT2D eigenvalue weighted by Crippen LogP contribution is -2.29. The molecule has 0 aliphatic rings. The van der Waals surface area contributed by atoms with Crippen molar-refractivity contribution >= 4 is 11.9 Å². The van der Waals surface area contributed by atoms with E-state index in [9.17, 15) is 14.4 Å². The van der Waals surface area contributed by atoms with E-state index in [1.807, 2.05) is 0 Å². The number of rotatable bonds is 6. The van der Waals surface area contributed by atoms with Crippen LogP contribution in [0.3, 0.4) is 0 Å². The van der Waals surface area contributed by atoms with Crippen molar-refractivity contribution in [1.82, 2.24) is 10.3 Å². The van der Waals surface area contributed by atoms with Gasteiger partial charge in [-0.05, 0) is 24.3 Å². The van der Waals surface area contributed by atoms with Gasteiger partial charge in [0.25, 0.3) is 5.91 Å². The van der Waals surface area contributed by atoms with Crippen LogP contribution in [0.15, 0.2) is 47.3 Å². The summed E-state index contributed by atoms with van der Waals surface area (Å²) < 4.78 is 5.36. The number of carboxylic acids is 1. The molecule has 0 saturated carbocycles. The number of pyridine rings is 1. The molecular formula is C15H14N2O5. The van der Waals surface area contributed by atoms with Gasteiger partial charge in [-0.2, -0.15) is 0 Å². The first kappa shape index (κ1) is 15.3. The molecule has 1 amide bonds. The SMILES string of the molecule is O=C(O)c1cccc(OCCNC(=O)c2cccc(=O)[nH]2)c1. The van der Waals surface area contributed by atoms with E-state index in [1.54, 1.807) is 12.1 Å². The van der Waals surface area contributed by atoms with Crippen molar-refractivity contribution in [3.8, 4) is 5.75 Å². The Bertz CT molecular complexity index is 738. The van der Waals surface area contributed by atoms with Gasteiger partial charge in [-0.1, -0.05) is 12.1 Å². The van der Waals surface area contributed by atoms with E-state index < -0.39 is 11.9 Å². The first-order valence-corrected chi connectivity index (χ1v) is 6.50. The molecule has 0 atom stereocenters. The second kappa shape index (κ2) is 7.07. The Labute approximate surface area is 125 Å². The monoisotopic (exact) mass is 302 g/mol. The number of amides is 1. The summed E-state index contributed by atoms with van der Waals surface area (Å²) in [5.74, 6) is -1.05. The molecule has 7 heteroatoms. The van der Waals surface area contributed by atoms with E-state index in [2.05, 4.69) is 10.3 Å². The van der Waals surface area contributed by atoms with Crippen LogP contribution in [0.4, 0.5) is 0 Å². The van der Waals surface area contributed by atoms with Crippen LogP contribution in [0.2, 0.25) is 0 Å². The standard InChI is InChI=1S/C15H14N2O5/c18-13-6-2-5-12(17-13)14(19)16-7-8-22-11-4-1-3-10(9-11)15(20)21/h1-6,9H,7-8H2,(H,16,19)(H,17,18)(H,20,21). The summed E-state index contributed by atoms with van der Waals surface area (Å²) in [7, 11) is 0. The molecule has 7 nitrogen and oxygen atoms in total. The van der Waals surface area contributed by atoms with Crippen LogP contribution in [0.5, 0.6) is 5.75 Å². The Kier molecular flexibility index (Phi) is 4.92. The lowest BCUT2D eigenvalue weighted by Gasteiger charge is -2.08. The van der Waals surface area contributed by atoms with Gasteiger partial charge in [-0.25, -0.2) is 4.79 Å². The summed E-state index contributed by atoms with van der Waals surface area (Å²) in [5.41, 5.74) is -0.0573. The number of aromatic nitrogens is 1. The number of nitrogens with one attached hydrogen (secondary N) is 2. The van der Waals surface area contributed by atoms with Crippen molar-refractivity contribution in [2.24, 2.45) is 0 Å². The third-order valence-corrected chi connectivity index (χ3v) is 2.75. The topological polar surface area (TPSA) is 108 Å². The summed E-state index contributed by atoms with van der Waals surface area (Å²) in [4.78, 5) is 36.1. The molecule has 1 heterocycles. The maximum atomic E-state index is 11.7. The Morgan fingerprint density at radius 2 is 1.95 bits per heavy atom. The third-order valence-electron chi connectivity index (χ3n) is 2.75. The number of aromatic amines is 1. The van der Waals surface area contributed by atoms with Crippen LogP contribution in [-0.2, 0) is 0 Å². The highest BCUT2D eigenvalue weighted by molar-refractivity contribution is 5.92. The predicted octanol–water partition coefficient (Wildman–Crippen LogP) is 0.882. The lowest BCUT2D eigenvalue weighted by molar-refractivity contribution is 0.0696. The number of hydrogen-bond acceptors (Lipinski definition) is 4. The molecule has 0 radical (unpaired) electrons. The van der Waals surface area contributed by atoms with Gasteiger partial charge in [0.1, 0.15) is 18.1 Å². The largest absolute Gasteiger partial charge is 0.492 e. The first-order chi connectivity index (χ1) is 10.6. The van der Waals surface area contributed by atoms with Crippen molar-refractivity contribution in [2.45, 2.75) is 0 Å². The summed E-state index contributed by atoms with van der Waals surface area (Å²) in [6.07, 6.45) is 0. The Hall–Kier alpha value is -3.09. The molecule has 0 fully saturated rings. The number of benzene rings is 1. The molecule has 0 bridgehead atoms. The average molecular weight is 302 g/mol. The van der Waals surface area contributed by atoms with Gasteiger partial charge < -0.3 is 20.1 Å². The highest BCUT2D eigenvalue weighted by Crippen LogP contribution is 2.12. The summed E-state index contributed by atoms with van der Waals surface area (Å²) in [5, 5.41) is 11.4. The van der Waals surface area contributed by atoms with Gasteiger partial charge >= 0.3 is 5.97 Å². The van der Waals surface area contributed by atoms with E-state index in [0.717, 1.165) is 0 Å². The number of hydrogen-bond donors (Lipinski definition) is 3. The van der Waals surface area contributed by atoms with Crippen LogP contribution >= 0.6 is 0 Å². The minimum Gasteiger partial charge on any atom is -0.492 e. The van der Waals surface area contributed by atoms with Gasteiger partial charge in [0, 0.05) is 6.07 Å². The maximum Gasteiger partial charge on any atom is 0.335 e. The Morgan fingerprint density at radius 1 is 1.18 bits per heavy atom. The highest BCUT2D eigenvalue weighted by atomic mass is 16.5. The van der Waals surface area contributed by atoms with Crippen molar-refractivity contribution in [3.05, 3.63) is 64.1 Å². The molecule has 114 valence electrons. The number of aromatic carboxylic acids is 1. The smallest absolute Gasteiger partial charge is 0.335 e. The molecule has 0 aliphatic heterocycles. The van der Waals surface area contributed by atoms with Crippen molar-refractivity contribution in [2.75, 3.05) is 13.2 Å². The summed E-state index contributed by atoms with van der Waals surface area (Å²) in [6.45, 7) is 0.388. The van der Waals surface area contributed by atoms with Gasteiger partial charge in [-0.3, -0.25) is 9.59 Å². The molecule has 2 rings (SSSR count). The molecule has 3 N–H and O–H groups in total. The summed E-state index contributed by atoms with van der Waals surface area (Å²) in [6, 6.07) is 10.4. The fourth-order valence-corrected chi connectivity index (χ4v) is 1.73. The summed E-state index contributed by atoms with van der Waals surface area (Å²) >= 11 is 0. The molecule has 2 aromatic rings. The molecule has 1 aromatic heterocycles. The second-order valence-electron chi connectivity index (χ2n) is 4.37. The fraction of sp³-hybridized carbons (Fsp3) is 0.133. The zero-order valence-electron chi connectivity index (χ0n) is 11.5. The number of ether oxygens (including phenoxy) is 1. The maximum absolute atomic E-state index is 11.7. The Morgan fingerprint density at radius 3 is 2.68 bits per heavy atom. The van der Waals surface area contributed by atoms with Crippen LogP contribution in [0.25, 0.3) is 0 Å². The molecule has 0 saturated heterocycles. The number of carbonyl (C=O) groups excluding carboxylic acids is 1. The highest BCUT2D eigenvalue weighted by Gasteiger charge is 2.06. The molecular weight excluding hydrogens is 288 g/mol. The number of carboxylic acid groups (broad SMARTS) is 1. The van der Waals surface area contributed by atoms with Gasteiger partial charge in [0.05, 0.1) is 12.1 Å². The van der Waals surface area contributed by atoms with E-state index >= 15 is 0 Å². The van der Waals surface area contributed by atoms with Crippen LogP contribution in [-0.4, -0.2) is 35.1 Å². The van der Waals surface area contributed by atoms with Crippen molar-refractivity contribution < 1.29 is 19.4 Å². The molecule has 0 unspecified atom stereocenters. The fourth-order valence-electron chi connectivity index (χ4n) is 1.73. The number of carbonyl (C=O) groups is 2. The zero-order valence-corrected chi connectivity index (χ0v) is 11.5. The molecule has 22 heavy (non-hydrogen) atoms. The first-order valence-electron chi connectivity index (χ1n) is 6.50. The van der Waals surface area contributed by atoms with Crippen LogP contribution in [0.1, 0.15) is 20.8 Å². The van der Waals surface area contributed by atoms with Crippen molar-refractivity contribution in [1.29, 1.82) is 0 Å².